The number of sulfonamides is 2. The van der Waals surface area contributed by atoms with Crippen molar-refractivity contribution in [1.82, 2.24) is 5.16 Å². The number of carbonyl (C=O) groups is 1. The second-order valence-corrected chi connectivity index (χ2v) is 10.7. The second kappa shape index (κ2) is 7.08. The lowest BCUT2D eigenvalue weighted by Gasteiger charge is -2.22. The summed E-state index contributed by atoms with van der Waals surface area (Å²) in [5.41, 5.74) is 0.652. The zero-order chi connectivity index (χ0) is 19.8. The topological polar surface area (TPSA) is 115 Å². The molecular formula is C17H20N2O6S2. The second-order valence-electron chi connectivity index (χ2n) is 6.25. The van der Waals surface area contributed by atoms with E-state index in [0.717, 1.165) is 12.8 Å². The fourth-order valence-corrected chi connectivity index (χ4v) is 6.05. The molecule has 0 atom stereocenters. The Bertz CT molecular complexity index is 1020. The van der Waals surface area contributed by atoms with E-state index >= 15 is 0 Å². The Morgan fingerprint density at radius 2 is 1.63 bits per heavy atom. The predicted molar refractivity (Wildman–Crippen MR) is 99.8 cm³/mol. The van der Waals surface area contributed by atoms with E-state index in [-0.39, 0.29) is 28.9 Å². The molecule has 0 aliphatic heterocycles. The van der Waals surface area contributed by atoms with Crippen LogP contribution in [0.3, 0.4) is 0 Å². The minimum atomic E-state index is -4.03. The highest BCUT2D eigenvalue weighted by Gasteiger charge is 2.34. The lowest BCUT2D eigenvalue weighted by Crippen LogP contribution is -2.39. The van der Waals surface area contributed by atoms with Gasteiger partial charge in [-0.15, -0.1) is 0 Å². The van der Waals surface area contributed by atoms with Crippen LogP contribution in [0.1, 0.15) is 54.3 Å². The van der Waals surface area contributed by atoms with Crippen LogP contribution in [-0.4, -0.2) is 39.3 Å². The molecule has 0 amide bonds. The van der Waals surface area contributed by atoms with Gasteiger partial charge < -0.3 is 4.52 Å². The number of hydrogen-bond donors (Lipinski definition) is 0. The van der Waals surface area contributed by atoms with Crippen LogP contribution in [0.5, 0.6) is 0 Å². The number of benzene rings is 1. The molecule has 1 aromatic carbocycles. The van der Waals surface area contributed by atoms with Gasteiger partial charge in [-0.1, -0.05) is 5.16 Å². The van der Waals surface area contributed by atoms with Crippen LogP contribution in [0.15, 0.2) is 35.0 Å². The summed E-state index contributed by atoms with van der Waals surface area (Å²) in [7, 11) is -8.07. The highest BCUT2D eigenvalue weighted by molar-refractivity contribution is 8.10. The third kappa shape index (κ3) is 3.77. The van der Waals surface area contributed by atoms with Gasteiger partial charge in [-0.25, -0.2) is 16.8 Å². The van der Waals surface area contributed by atoms with Crippen molar-refractivity contribution in [3.8, 4) is 0 Å². The lowest BCUT2D eigenvalue weighted by atomic mass is 10.0. The van der Waals surface area contributed by atoms with Crippen LogP contribution >= 0.6 is 0 Å². The van der Waals surface area contributed by atoms with Gasteiger partial charge in [0.15, 0.2) is 11.5 Å². The van der Waals surface area contributed by atoms with Crippen molar-refractivity contribution < 1.29 is 26.2 Å². The van der Waals surface area contributed by atoms with Crippen LogP contribution in [0.4, 0.5) is 5.69 Å². The maximum absolute atomic E-state index is 12.7. The summed E-state index contributed by atoms with van der Waals surface area (Å²) in [5.74, 6) is -0.247. The SMILES string of the molecule is CCS(=O)(=O)N(c1ccc(C(=O)c2cnoc2C2CC2)cc1)S(=O)(=O)CC. The van der Waals surface area contributed by atoms with Crippen molar-refractivity contribution in [1.29, 1.82) is 0 Å². The summed E-state index contributed by atoms with van der Waals surface area (Å²) in [6.07, 6.45) is 3.28. The predicted octanol–water partition coefficient (Wildman–Crippen LogP) is 2.29. The first kappa shape index (κ1) is 19.6. The van der Waals surface area contributed by atoms with Crippen molar-refractivity contribution in [2.75, 3.05) is 15.2 Å². The molecule has 1 heterocycles. The quantitative estimate of drug-likeness (QED) is 0.611. The van der Waals surface area contributed by atoms with Crippen molar-refractivity contribution in [2.45, 2.75) is 32.6 Å². The van der Waals surface area contributed by atoms with E-state index < -0.39 is 20.0 Å². The molecule has 1 aromatic heterocycles. The van der Waals surface area contributed by atoms with E-state index in [0.29, 0.717) is 20.6 Å². The molecule has 0 spiro atoms. The standard InChI is InChI=1S/C17H20N2O6S2/c1-3-26(21,22)19(27(23,24)4-2)14-9-7-12(8-10-14)16(20)15-11-18-25-17(15)13-5-6-13/h7-11,13H,3-6H2,1-2H3. The molecule has 1 saturated carbocycles. The number of carbonyl (C=O) groups excluding carboxylic acids is 1. The van der Waals surface area contributed by atoms with Crippen LogP contribution in [0, 0.1) is 0 Å². The Morgan fingerprint density at radius 3 is 2.11 bits per heavy atom. The molecule has 27 heavy (non-hydrogen) atoms. The molecule has 0 radical (unpaired) electrons. The maximum Gasteiger partial charge on any atom is 0.247 e. The molecule has 1 aliphatic rings. The average molecular weight is 412 g/mol. The number of anilines is 1. The van der Waals surface area contributed by atoms with E-state index in [9.17, 15) is 21.6 Å². The van der Waals surface area contributed by atoms with Gasteiger partial charge >= 0.3 is 0 Å². The largest absolute Gasteiger partial charge is 0.360 e. The van der Waals surface area contributed by atoms with Gasteiger partial charge in [-0.3, -0.25) is 4.79 Å². The van der Waals surface area contributed by atoms with Gasteiger partial charge in [0, 0.05) is 11.5 Å². The van der Waals surface area contributed by atoms with Gasteiger partial charge in [0.05, 0.1) is 29.0 Å². The molecular weight excluding hydrogens is 392 g/mol. The Kier molecular flexibility index (Phi) is 5.13. The average Bonchev–Trinajstić information content (AvgIpc) is 3.38. The van der Waals surface area contributed by atoms with Crippen molar-refractivity contribution >= 4 is 31.5 Å². The minimum absolute atomic E-state index is 0.0250. The Hall–Kier alpha value is -2.20. The van der Waals surface area contributed by atoms with E-state index in [1.165, 1.54) is 44.3 Å². The number of hydrogen-bond acceptors (Lipinski definition) is 7. The zero-order valence-corrected chi connectivity index (χ0v) is 16.6. The summed E-state index contributed by atoms with van der Waals surface area (Å²) in [6, 6.07) is 5.45. The molecule has 0 N–H and O–H groups in total. The molecule has 146 valence electrons. The van der Waals surface area contributed by atoms with Gasteiger partial charge in [0.1, 0.15) is 0 Å². The fraction of sp³-hybridized carbons (Fsp3) is 0.412. The number of nitrogens with zero attached hydrogens (tertiary/aromatic N) is 2. The lowest BCUT2D eigenvalue weighted by molar-refractivity contribution is 0.103. The smallest absolute Gasteiger partial charge is 0.247 e. The molecule has 2 aromatic rings. The zero-order valence-electron chi connectivity index (χ0n) is 15.0. The maximum atomic E-state index is 12.7. The molecule has 0 bridgehead atoms. The number of ketones is 1. The molecule has 0 saturated heterocycles. The minimum Gasteiger partial charge on any atom is -0.360 e. The Balaban J connectivity index is 1.96. The highest BCUT2D eigenvalue weighted by Crippen LogP contribution is 2.42. The molecule has 10 heteroatoms. The molecule has 0 unspecified atom stereocenters. The van der Waals surface area contributed by atoms with Crippen molar-refractivity contribution in [3.63, 3.8) is 0 Å². The van der Waals surface area contributed by atoms with E-state index in [1.807, 2.05) is 0 Å². The normalized spacial score (nSPS) is 14.9. The van der Waals surface area contributed by atoms with E-state index in [1.54, 1.807) is 0 Å². The summed E-state index contributed by atoms with van der Waals surface area (Å²) in [5, 5.41) is 3.70. The Labute approximate surface area is 158 Å². The molecule has 8 nitrogen and oxygen atoms in total. The van der Waals surface area contributed by atoms with Crippen LogP contribution < -0.4 is 3.71 Å². The van der Waals surface area contributed by atoms with E-state index in [4.69, 9.17) is 4.52 Å². The summed E-state index contributed by atoms with van der Waals surface area (Å²) < 4.78 is 54.8. The first-order valence-electron chi connectivity index (χ1n) is 8.56. The molecule has 3 rings (SSSR count). The van der Waals surface area contributed by atoms with E-state index in [2.05, 4.69) is 5.16 Å². The first-order chi connectivity index (χ1) is 12.7. The van der Waals surface area contributed by atoms with Crippen LogP contribution in [0.2, 0.25) is 0 Å². The number of aromatic nitrogens is 1. The first-order valence-corrected chi connectivity index (χ1v) is 11.8. The fourth-order valence-electron chi connectivity index (χ4n) is 2.68. The summed E-state index contributed by atoms with van der Waals surface area (Å²) in [6.45, 7) is 2.74. The van der Waals surface area contributed by atoms with Crippen molar-refractivity contribution in [2.24, 2.45) is 0 Å². The van der Waals surface area contributed by atoms with Gasteiger partial charge in [-0.2, -0.15) is 3.71 Å². The van der Waals surface area contributed by atoms with Crippen LogP contribution in [-0.2, 0) is 20.0 Å². The Morgan fingerprint density at radius 1 is 1.07 bits per heavy atom. The molecule has 1 aliphatic carbocycles. The summed E-state index contributed by atoms with van der Waals surface area (Å²) >= 11 is 0. The highest BCUT2D eigenvalue weighted by atomic mass is 32.3. The van der Waals surface area contributed by atoms with Gasteiger partial charge in [-0.05, 0) is 51.0 Å². The van der Waals surface area contributed by atoms with Gasteiger partial charge in [0.25, 0.3) is 0 Å². The van der Waals surface area contributed by atoms with Crippen LogP contribution in [0.25, 0.3) is 0 Å². The monoisotopic (exact) mass is 412 g/mol. The molecule has 1 fully saturated rings. The number of rotatable bonds is 8. The summed E-state index contributed by atoms with van der Waals surface area (Å²) in [4.78, 5) is 12.7. The van der Waals surface area contributed by atoms with Crippen molar-refractivity contribution in [3.05, 3.63) is 47.3 Å². The van der Waals surface area contributed by atoms with Gasteiger partial charge in [0.2, 0.25) is 20.0 Å². The third-order valence-corrected chi connectivity index (χ3v) is 8.62. The third-order valence-electron chi connectivity index (χ3n) is 4.37.